The number of aliphatic hydroxyl groups is 1. The molecule has 5 bridgehead atoms. The molecule has 3 amide bonds. The van der Waals surface area contributed by atoms with Gasteiger partial charge in [0.1, 0.15) is 29.8 Å². The van der Waals surface area contributed by atoms with Crippen molar-refractivity contribution in [3.63, 3.8) is 0 Å². The van der Waals surface area contributed by atoms with Gasteiger partial charge in [0.05, 0.1) is 25.1 Å². The van der Waals surface area contributed by atoms with Crippen molar-refractivity contribution in [2.24, 2.45) is 11.8 Å². The highest BCUT2D eigenvalue weighted by Crippen LogP contribution is 2.59. The molecule has 0 saturated carbocycles. The molecule has 2 saturated heterocycles. The summed E-state index contributed by atoms with van der Waals surface area (Å²) in [6, 6.07) is 7.60. The summed E-state index contributed by atoms with van der Waals surface area (Å²) in [6.07, 6.45) is 5.07. The molecule has 7 atom stereocenters. The molecule has 0 aromatic heterocycles. The molecule has 2 N–H and O–H groups in total. The van der Waals surface area contributed by atoms with Gasteiger partial charge in [-0.1, -0.05) is 58.4 Å². The Hall–Kier alpha value is -3.02. The van der Waals surface area contributed by atoms with Crippen molar-refractivity contribution in [1.29, 1.82) is 0 Å². The average Bonchev–Trinajstić information content (AvgIpc) is 3.55. The van der Waals surface area contributed by atoms with Crippen LogP contribution in [0.3, 0.4) is 0 Å². The van der Waals surface area contributed by atoms with Crippen LogP contribution in [0.2, 0.25) is 0 Å². The fraction of sp³-hybridized carbons (Fsp3) is 0.562. The van der Waals surface area contributed by atoms with E-state index < -0.39 is 59.1 Å². The van der Waals surface area contributed by atoms with Crippen LogP contribution in [0.1, 0.15) is 46.1 Å². The lowest BCUT2D eigenvalue weighted by Gasteiger charge is -2.43. The number of allylic oxidation sites excluding steroid dienone is 1. The van der Waals surface area contributed by atoms with Gasteiger partial charge in [-0.25, -0.2) is 0 Å². The van der Waals surface area contributed by atoms with Gasteiger partial charge in [-0.05, 0) is 52.2 Å². The van der Waals surface area contributed by atoms with E-state index in [1.54, 1.807) is 17.9 Å². The van der Waals surface area contributed by atoms with Crippen LogP contribution >= 0.6 is 15.9 Å². The maximum atomic E-state index is 14.8. The van der Waals surface area contributed by atoms with Crippen molar-refractivity contribution in [3.8, 4) is 0 Å². The number of aliphatic hydroxyl groups excluding tert-OH is 1. The molecule has 232 valence electrons. The van der Waals surface area contributed by atoms with Gasteiger partial charge in [-0.2, -0.15) is 0 Å². The second-order valence-corrected chi connectivity index (χ2v) is 13.7. The monoisotopic (exact) mass is 657 g/mol. The third kappa shape index (κ3) is 5.79. The van der Waals surface area contributed by atoms with Crippen molar-refractivity contribution >= 4 is 39.6 Å². The second kappa shape index (κ2) is 12.2. The lowest BCUT2D eigenvalue weighted by Crippen LogP contribution is -2.61. The van der Waals surface area contributed by atoms with Gasteiger partial charge in [-0.3, -0.25) is 19.2 Å². The zero-order chi connectivity index (χ0) is 31.1. The molecule has 2 fully saturated rings. The Labute approximate surface area is 260 Å². The number of nitrogens with one attached hydrogen (secondary N) is 1. The summed E-state index contributed by atoms with van der Waals surface area (Å²) in [5.74, 6) is -3.62. The summed E-state index contributed by atoms with van der Waals surface area (Å²) >= 11 is 3.56. The molecular formula is C32H40BrN3O7. The average molecular weight is 659 g/mol. The minimum atomic E-state index is -1.44. The lowest BCUT2D eigenvalue weighted by atomic mass is 9.74. The summed E-state index contributed by atoms with van der Waals surface area (Å²) in [7, 11) is 0. The fourth-order valence-corrected chi connectivity index (χ4v) is 7.49. The minimum absolute atomic E-state index is 0.127. The predicted octanol–water partition coefficient (Wildman–Crippen LogP) is 2.49. The summed E-state index contributed by atoms with van der Waals surface area (Å²) in [5, 5.41) is 13.5. The van der Waals surface area contributed by atoms with Crippen LogP contribution in [0, 0.1) is 11.8 Å². The van der Waals surface area contributed by atoms with Gasteiger partial charge in [-0.15, -0.1) is 0 Å². The molecule has 4 aliphatic heterocycles. The Balaban J connectivity index is 1.63. The number of carbonyl (C=O) groups is 4. The molecule has 1 aromatic rings. The SMILES string of the molecule is C[C@H]1CNC(=O)CC/C=C\CN(C(C)(C)C)C(=O)[C@H]2N([C@@H](CO)Cc3ccccc3)C(=O)[C@@H]3[C@@H](C(=O)O1)[C@@H]1O[C@@]32C=C1Br. The number of halogens is 1. The molecule has 1 aromatic carbocycles. The summed E-state index contributed by atoms with van der Waals surface area (Å²) in [6.45, 7) is 7.41. The quantitative estimate of drug-likeness (QED) is 0.377. The van der Waals surface area contributed by atoms with Gasteiger partial charge in [0.2, 0.25) is 17.7 Å². The Morgan fingerprint density at radius 2 is 1.84 bits per heavy atom. The summed E-state index contributed by atoms with van der Waals surface area (Å²) in [4.78, 5) is 58.6. The van der Waals surface area contributed by atoms with Gasteiger partial charge >= 0.3 is 5.97 Å². The largest absolute Gasteiger partial charge is 0.460 e. The van der Waals surface area contributed by atoms with Crippen LogP contribution in [0.15, 0.2) is 53.0 Å². The zero-order valence-electron chi connectivity index (χ0n) is 25.0. The van der Waals surface area contributed by atoms with E-state index in [2.05, 4.69) is 21.2 Å². The number of amides is 3. The number of cyclic esters (lactones) is 1. The van der Waals surface area contributed by atoms with Crippen LogP contribution in [0.4, 0.5) is 0 Å². The van der Waals surface area contributed by atoms with Crippen molar-refractivity contribution in [3.05, 3.63) is 58.6 Å². The Kier molecular flexibility index (Phi) is 8.89. The maximum absolute atomic E-state index is 14.8. The third-order valence-corrected chi connectivity index (χ3v) is 9.44. The van der Waals surface area contributed by atoms with E-state index in [1.165, 1.54) is 4.90 Å². The number of esters is 1. The Morgan fingerprint density at radius 3 is 2.51 bits per heavy atom. The van der Waals surface area contributed by atoms with Crippen LogP contribution in [0.5, 0.6) is 0 Å². The van der Waals surface area contributed by atoms with E-state index in [0.717, 1.165) is 5.56 Å². The molecule has 4 heterocycles. The first-order valence-corrected chi connectivity index (χ1v) is 15.6. The minimum Gasteiger partial charge on any atom is -0.460 e. The van der Waals surface area contributed by atoms with Gasteiger partial charge in [0, 0.05) is 23.0 Å². The van der Waals surface area contributed by atoms with E-state index >= 15 is 0 Å². The highest BCUT2D eigenvalue weighted by molar-refractivity contribution is 9.11. The maximum Gasteiger partial charge on any atom is 0.313 e. The first-order valence-electron chi connectivity index (χ1n) is 14.9. The molecule has 4 aliphatic rings. The number of fused-ring (bicyclic) bond motifs is 2. The smallest absolute Gasteiger partial charge is 0.313 e. The van der Waals surface area contributed by atoms with E-state index in [1.807, 2.05) is 63.3 Å². The number of benzene rings is 1. The molecule has 43 heavy (non-hydrogen) atoms. The normalized spacial score (nSPS) is 33.2. The first kappa shape index (κ1) is 31.4. The van der Waals surface area contributed by atoms with Gasteiger partial charge < -0.3 is 29.7 Å². The topological polar surface area (TPSA) is 125 Å². The molecule has 11 heteroatoms. The van der Waals surface area contributed by atoms with Gasteiger partial charge in [0.15, 0.2) is 0 Å². The fourth-order valence-electron chi connectivity index (χ4n) is 6.75. The Morgan fingerprint density at radius 1 is 1.12 bits per heavy atom. The molecule has 5 rings (SSSR count). The summed E-state index contributed by atoms with van der Waals surface area (Å²) < 4.78 is 12.9. The van der Waals surface area contributed by atoms with E-state index in [9.17, 15) is 24.3 Å². The standard InChI is InChI=1S/C32H40BrN3O7/c1-19-17-34-23(38)13-9-6-10-14-35(31(2,3)4)29(40)27-32-16-22(33)26(43-32)24(30(41)42-19)25(32)28(39)36(27)21(18-37)15-20-11-7-5-8-12-20/h5-8,10-12,16,19,21,24-27,37H,9,13-15,17-18H2,1-4H3,(H,34,38)/b10-6-/t19-,21+,24+,25-,26+,27+,32-/m0/s1. The number of nitrogens with zero attached hydrogens (tertiary/aromatic N) is 2. The van der Waals surface area contributed by atoms with E-state index in [0.29, 0.717) is 17.3 Å². The van der Waals surface area contributed by atoms with E-state index in [4.69, 9.17) is 9.47 Å². The third-order valence-electron chi connectivity index (χ3n) is 8.76. The zero-order valence-corrected chi connectivity index (χ0v) is 26.6. The molecular weight excluding hydrogens is 618 g/mol. The van der Waals surface area contributed by atoms with Crippen molar-refractivity contribution in [1.82, 2.24) is 15.1 Å². The van der Waals surface area contributed by atoms with Crippen molar-refractivity contribution in [2.75, 3.05) is 19.7 Å². The van der Waals surface area contributed by atoms with Crippen molar-refractivity contribution in [2.45, 2.75) is 82.4 Å². The van der Waals surface area contributed by atoms with Crippen LogP contribution in [-0.2, 0) is 35.1 Å². The number of hydrogen-bond acceptors (Lipinski definition) is 7. The molecule has 1 spiro atoms. The van der Waals surface area contributed by atoms with Crippen molar-refractivity contribution < 1.29 is 33.8 Å². The van der Waals surface area contributed by atoms with Crippen LogP contribution in [0.25, 0.3) is 0 Å². The molecule has 0 radical (unpaired) electrons. The van der Waals surface area contributed by atoms with Crippen LogP contribution in [-0.4, -0.2) is 93.7 Å². The highest BCUT2D eigenvalue weighted by atomic mass is 79.9. The lowest BCUT2D eigenvalue weighted by molar-refractivity contribution is -0.159. The highest BCUT2D eigenvalue weighted by Gasteiger charge is 2.75. The number of carbonyl (C=O) groups excluding carboxylic acids is 4. The first-order chi connectivity index (χ1) is 20.4. The second-order valence-electron chi connectivity index (χ2n) is 12.8. The van der Waals surface area contributed by atoms with E-state index in [-0.39, 0.29) is 37.9 Å². The number of rotatable bonds is 4. The number of ether oxygens (including phenoxy) is 2. The Bertz CT molecular complexity index is 1330. The van der Waals surface area contributed by atoms with Crippen LogP contribution < -0.4 is 5.32 Å². The van der Waals surface area contributed by atoms with Gasteiger partial charge in [0.25, 0.3) is 0 Å². The number of likely N-dealkylation sites (tertiary alicyclic amines) is 1. The predicted molar refractivity (Wildman–Crippen MR) is 162 cm³/mol. The molecule has 10 nitrogen and oxygen atoms in total. The summed E-state index contributed by atoms with van der Waals surface area (Å²) in [5.41, 5.74) is -1.19. The molecule has 0 aliphatic carbocycles. The number of hydrogen-bond donors (Lipinski definition) is 2. The molecule has 0 unspecified atom stereocenters.